The Morgan fingerprint density at radius 3 is 2.50 bits per heavy atom. The van der Waals surface area contributed by atoms with Crippen molar-refractivity contribution >= 4 is 34.3 Å². The van der Waals surface area contributed by atoms with E-state index in [0.717, 1.165) is 35.5 Å². The summed E-state index contributed by atoms with van der Waals surface area (Å²) in [5.41, 5.74) is 1.70. The van der Waals surface area contributed by atoms with Gasteiger partial charge in [-0.05, 0) is 49.6 Å². The van der Waals surface area contributed by atoms with Gasteiger partial charge in [-0.25, -0.2) is 4.79 Å². The second-order valence-electron chi connectivity index (χ2n) is 6.73. The van der Waals surface area contributed by atoms with E-state index >= 15 is 0 Å². The summed E-state index contributed by atoms with van der Waals surface area (Å²) >= 11 is 1.27. The predicted octanol–water partition coefficient (Wildman–Crippen LogP) is 5.27. The maximum Gasteiger partial charge on any atom is 0.341 e. The van der Waals surface area contributed by atoms with Gasteiger partial charge < -0.3 is 14.8 Å². The van der Waals surface area contributed by atoms with Crippen molar-refractivity contribution in [3.8, 4) is 11.8 Å². The van der Waals surface area contributed by atoms with Crippen LogP contribution in [0.1, 0.15) is 52.5 Å². The number of amides is 1. The molecule has 0 aliphatic heterocycles. The summed E-state index contributed by atoms with van der Waals surface area (Å²) in [6.45, 7) is 6.45. The molecule has 0 saturated carbocycles. The average molecular weight is 427 g/mol. The summed E-state index contributed by atoms with van der Waals surface area (Å²) < 4.78 is 10.5. The van der Waals surface area contributed by atoms with Gasteiger partial charge in [0.2, 0.25) is 0 Å². The van der Waals surface area contributed by atoms with Gasteiger partial charge in [-0.3, -0.25) is 4.79 Å². The fraction of sp³-hybridized carbons (Fsp3) is 0.348. The number of nitriles is 1. The molecule has 2 rings (SSSR count). The van der Waals surface area contributed by atoms with Crippen LogP contribution >= 0.6 is 11.3 Å². The molecule has 0 radical (unpaired) electrons. The van der Waals surface area contributed by atoms with Crippen LogP contribution in [0.5, 0.6) is 5.75 Å². The minimum absolute atomic E-state index is 0.0638. The summed E-state index contributed by atoms with van der Waals surface area (Å²) in [5.74, 6) is -0.355. The Morgan fingerprint density at radius 1 is 1.20 bits per heavy atom. The topological polar surface area (TPSA) is 88.4 Å². The van der Waals surface area contributed by atoms with E-state index in [9.17, 15) is 14.9 Å². The van der Waals surface area contributed by atoms with Gasteiger partial charge in [-0.15, -0.1) is 11.3 Å². The molecule has 0 bridgehead atoms. The molecular weight excluding hydrogens is 400 g/mol. The summed E-state index contributed by atoms with van der Waals surface area (Å²) in [7, 11) is 1.29. The van der Waals surface area contributed by atoms with Crippen molar-refractivity contribution in [3.05, 3.63) is 51.4 Å². The number of methoxy groups -OCH3 is 1. The maximum atomic E-state index is 12.6. The molecule has 0 spiro atoms. The number of ether oxygens (including phenoxy) is 2. The van der Waals surface area contributed by atoms with Crippen molar-refractivity contribution in [1.29, 1.82) is 5.26 Å². The minimum atomic E-state index is -0.580. The van der Waals surface area contributed by atoms with Gasteiger partial charge in [-0.1, -0.05) is 31.9 Å². The molecule has 1 heterocycles. The Morgan fingerprint density at radius 2 is 1.90 bits per heavy atom. The van der Waals surface area contributed by atoms with Crippen LogP contribution in [0.4, 0.5) is 5.00 Å². The number of esters is 1. The summed E-state index contributed by atoms with van der Waals surface area (Å²) in [4.78, 5) is 25.6. The Balaban J connectivity index is 2.13. The van der Waals surface area contributed by atoms with Crippen LogP contribution in [-0.4, -0.2) is 25.6 Å². The lowest BCUT2D eigenvalue weighted by atomic mass is 10.1. The predicted molar refractivity (Wildman–Crippen MR) is 119 cm³/mol. The zero-order valence-corrected chi connectivity index (χ0v) is 18.5. The molecule has 2 aromatic rings. The number of hydrogen-bond acceptors (Lipinski definition) is 6. The number of unbranched alkanes of at least 4 members (excludes halogenated alkanes) is 2. The molecule has 30 heavy (non-hydrogen) atoms. The third-order valence-electron chi connectivity index (χ3n) is 4.57. The monoisotopic (exact) mass is 426 g/mol. The Kier molecular flexibility index (Phi) is 8.63. The minimum Gasteiger partial charge on any atom is -0.494 e. The highest BCUT2D eigenvalue weighted by atomic mass is 32.1. The van der Waals surface area contributed by atoms with E-state index < -0.39 is 11.9 Å². The first-order chi connectivity index (χ1) is 14.4. The molecule has 0 fully saturated rings. The van der Waals surface area contributed by atoms with E-state index in [1.807, 2.05) is 25.1 Å². The second-order valence-corrected chi connectivity index (χ2v) is 7.95. The van der Waals surface area contributed by atoms with E-state index in [-0.39, 0.29) is 5.57 Å². The van der Waals surface area contributed by atoms with Crippen LogP contribution in [0, 0.1) is 25.2 Å². The molecule has 0 aliphatic rings. The molecule has 7 heteroatoms. The van der Waals surface area contributed by atoms with Gasteiger partial charge in [0, 0.05) is 4.88 Å². The highest BCUT2D eigenvalue weighted by Crippen LogP contribution is 2.33. The van der Waals surface area contributed by atoms with Crippen molar-refractivity contribution in [2.45, 2.75) is 40.0 Å². The zero-order valence-electron chi connectivity index (χ0n) is 17.7. The first-order valence-corrected chi connectivity index (χ1v) is 10.6. The number of nitrogens with zero attached hydrogens (tertiary/aromatic N) is 1. The number of rotatable bonds is 9. The molecule has 1 amide bonds. The number of carbonyl (C=O) groups excluding carboxylic acids is 2. The van der Waals surface area contributed by atoms with Gasteiger partial charge in [0.15, 0.2) is 0 Å². The number of hydrogen-bond donors (Lipinski definition) is 1. The molecule has 0 aliphatic carbocycles. The highest BCUT2D eigenvalue weighted by Gasteiger charge is 2.22. The van der Waals surface area contributed by atoms with Crippen LogP contribution in [0.2, 0.25) is 0 Å². The first-order valence-electron chi connectivity index (χ1n) is 9.75. The highest BCUT2D eigenvalue weighted by molar-refractivity contribution is 7.16. The number of thiophene rings is 1. The van der Waals surface area contributed by atoms with Crippen LogP contribution in [0.25, 0.3) is 6.08 Å². The van der Waals surface area contributed by atoms with Crippen molar-refractivity contribution in [2.24, 2.45) is 0 Å². The molecule has 0 unspecified atom stereocenters. The third kappa shape index (κ3) is 5.94. The first kappa shape index (κ1) is 23.2. The number of aryl methyl sites for hydroxylation is 1. The molecule has 1 aromatic carbocycles. The Bertz CT molecular complexity index is 968. The van der Waals surface area contributed by atoms with Crippen LogP contribution in [-0.2, 0) is 9.53 Å². The lowest BCUT2D eigenvalue weighted by Crippen LogP contribution is -2.15. The number of carbonyl (C=O) groups is 2. The van der Waals surface area contributed by atoms with Crippen LogP contribution in [0.3, 0.4) is 0 Å². The van der Waals surface area contributed by atoms with E-state index in [4.69, 9.17) is 9.47 Å². The SMILES string of the molecule is CCCCCOc1ccc(/C=C(\C#N)C(=O)Nc2sc(C)c(C)c2C(=O)OC)cc1. The molecule has 6 nitrogen and oxygen atoms in total. The summed E-state index contributed by atoms with van der Waals surface area (Å²) in [5, 5.41) is 12.5. The lowest BCUT2D eigenvalue weighted by molar-refractivity contribution is -0.112. The molecule has 1 N–H and O–H groups in total. The number of anilines is 1. The van der Waals surface area contributed by atoms with Gasteiger partial charge in [0.25, 0.3) is 5.91 Å². The second kappa shape index (κ2) is 11.2. The average Bonchev–Trinajstić information content (AvgIpc) is 3.02. The maximum absolute atomic E-state index is 12.6. The summed E-state index contributed by atoms with van der Waals surface area (Å²) in [6, 6.07) is 9.13. The molecular formula is C23H26N2O4S. The Hall–Kier alpha value is -3.11. The quantitative estimate of drug-likeness (QED) is 0.255. The third-order valence-corrected chi connectivity index (χ3v) is 5.70. The van der Waals surface area contributed by atoms with E-state index in [0.29, 0.717) is 22.7 Å². The van der Waals surface area contributed by atoms with Crippen molar-refractivity contribution in [1.82, 2.24) is 0 Å². The standard InChI is InChI=1S/C23H26N2O4S/c1-5-6-7-12-29-19-10-8-17(9-11-19)13-18(14-24)21(26)25-22-20(23(27)28-4)15(2)16(3)30-22/h8-11,13H,5-7,12H2,1-4H3,(H,25,26)/b18-13+. The molecule has 158 valence electrons. The smallest absolute Gasteiger partial charge is 0.341 e. The van der Waals surface area contributed by atoms with E-state index in [2.05, 4.69) is 12.2 Å². The van der Waals surface area contributed by atoms with Gasteiger partial charge in [-0.2, -0.15) is 5.26 Å². The van der Waals surface area contributed by atoms with E-state index in [1.165, 1.54) is 24.5 Å². The fourth-order valence-corrected chi connectivity index (χ4v) is 3.79. The number of nitrogens with one attached hydrogen (secondary N) is 1. The van der Waals surface area contributed by atoms with Crippen molar-refractivity contribution in [2.75, 3.05) is 19.0 Å². The Labute approximate surface area is 181 Å². The van der Waals surface area contributed by atoms with Crippen LogP contribution < -0.4 is 10.1 Å². The van der Waals surface area contributed by atoms with Crippen LogP contribution in [0.15, 0.2) is 29.8 Å². The molecule has 0 saturated heterocycles. The fourth-order valence-electron chi connectivity index (χ4n) is 2.75. The van der Waals surface area contributed by atoms with Crippen molar-refractivity contribution in [3.63, 3.8) is 0 Å². The van der Waals surface area contributed by atoms with Gasteiger partial charge >= 0.3 is 5.97 Å². The number of benzene rings is 1. The zero-order chi connectivity index (χ0) is 22.1. The largest absolute Gasteiger partial charge is 0.494 e. The molecule has 1 aromatic heterocycles. The van der Waals surface area contributed by atoms with E-state index in [1.54, 1.807) is 19.1 Å². The molecule has 0 atom stereocenters. The normalized spacial score (nSPS) is 11.0. The lowest BCUT2D eigenvalue weighted by Gasteiger charge is -2.07. The van der Waals surface area contributed by atoms with Gasteiger partial charge in [0.1, 0.15) is 22.4 Å². The van der Waals surface area contributed by atoms with Crippen molar-refractivity contribution < 1.29 is 19.1 Å². The van der Waals surface area contributed by atoms with Gasteiger partial charge in [0.05, 0.1) is 19.3 Å². The summed E-state index contributed by atoms with van der Waals surface area (Å²) in [6.07, 6.45) is 4.77.